The Morgan fingerprint density at radius 1 is 0.943 bits per heavy atom. The quantitative estimate of drug-likeness (QED) is 0.368. The van der Waals surface area contributed by atoms with Crippen LogP contribution in [0.4, 0.5) is 0 Å². The molecule has 0 spiro atoms. The Morgan fingerprint density at radius 3 is 2.29 bits per heavy atom. The first-order valence-corrected chi connectivity index (χ1v) is 12.7. The molecular weight excluding hydrogens is 460 g/mol. The van der Waals surface area contributed by atoms with Gasteiger partial charge in [0.1, 0.15) is 5.52 Å². The number of benzene rings is 2. The molecule has 178 valence electrons. The molecule has 0 aliphatic heterocycles. The summed E-state index contributed by atoms with van der Waals surface area (Å²) in [4.78, 5) is 13.7. The van der Waals surface area contributed by atoms with E-state index in [1.165, 1.54) is 8.54 Å². The zero-order valence-corrected chi connectivity index (χ0v) is 20.8. The maximum atomic E-state index is 14.1. The van der Waals surface area contributed by atoms with Gasteiger partial charge < -0.3 is 4.57 Å². The molecule has 5 aromatic rings. The zero-order valence-electron chi connectivity index (χ0n) is 20.0. The van der Waals surface area contributed by atoms with Gasteiger partial charge >= 0.3 is 0 Å². The molecule has 8 heteroatoms. The van der Waals surface area contributed by atoms with E-state index in [1.807, 2.05) is 30.3 Å². The second kappa shape index (κ2) is 8.39. The highest BCUT2D eigenvalue weighted by atomic mass is 32.2. The molecule has 0 radical (unpaired) electrons. The summed E-state index contributed by atoms with van der Waals surface area (Å²) in [6.45, 7) is 3.81. The van der Waals surface area contributed by atoms with Crippen molar-refractivity contribution in [2.45, 2.75) is 24.7 Å². The van der Waals surface area contributed by atoms with Gasteiger partial charge in [-0.25, -0.2) is 12.4 Å². The van der Waals surface area contributed by atoms with E-state index >= 15 is 0 Å². The third kappa shape index (κ3) is 3.70. The zero-order chi connectivity index (χ0) is 24.9. The van der Waals surface area contributed by atoms with E-state index in [9.17, 15) is 13.2 Å². The van der Waals surface area contributed by atoms with Gasteiger partial charge in [0.2, 0.25) is 0 Å². The van der Waals surface area contributed by atoms with Crippen LogP contribution in [0.15, 0.2) is 88.9 Å². The van der Waals surface area contributed by atoms with E-state index in [-0.39, 0.29) is 21.9 Å². The highest BCUT2D eigenvalue weighted by Crippen LogP contribution is 2.36. The predicted molar refractivity (Wildman–Crippen MR) is 137 cm³/mol. The van der Waals surface area contributed by atoms with Gasteiger partial charge in [0.15, 0.2) is 0 Å². The molecule has 1 atom stereocenters. The lowest BCUT2D eigenvalue weighted by Gasteiger charge is -2.16. The summed E-state index contributed by atoms with van der Waals surface area (Å²) in [5.74, 6) is -0.0655. The number of hydrogen-bond donors (Lipinski definition) is 0. The van der Waals surface area contributed by atoms with Crippen molar-refractivity contribution < 1.29 is 8.42 Å². The third-order valence-corrected chi connectivity index (χ3v) is 8.38. The molecule has 3 aromatic heterocycles. The molecule has 0 aliphatic rings. The van der Waals surface area contributed by atoms with E-state index in [1.54, 1.807) is 74.6 Å². The van der Waals surface area contributed by atoms with Gasteiger partial charge in [0, 0.05) is 43.4 Å². The lowest BCUT2D eigenvalue weighted by atomic mass is 9.92. The topological polar surface area (TPSA) is 78.9 Å². The van der Waals surface area contributed by atoms with Crippen LogP contribution >= 0.6 is 0 Å². The largest absolute Gasteiger partial charge is 0.316 e. The van der Waals surface area contributed by atoms with Gasteiger partial charge in [0.05, 0.1) is 16.8 Å². The number of aromatic nitrogens is 4. The van der Waals surface area contributed by atoms with Crippen LogP contribution in [0.1, 0.15) is 29.5 Å². The average molecular weight is 487 g/mol. The van der Waals surface area contributed by atoms with E-state index in [0.717, 1.165) is 11.1 Å². The monoisotopic (exact) mass is 486 g/mol. The van der Waals surface area contributed by atoms with E-state index in [2.05, 4.69) is 12.0 Å². The van der Waals surface area contributed by atoms with Crippen LogP contribution in [0.3, 0.4) is 0 Å². The third-order valence-electron chi connectivity index (χ3n) is 6.50. The predicted octanol–water partition coefficient (Wildman–Crippen LogP) is 4.44. The van der Waals surface area contributed by atoms with Gasteiger partial charge in [0.25, 0.3) is 15.6 Å². The van der Waals surface area contributed by atoms with Crippen molar-refractivity contribution in [3.05, 3.63) is 106 Å². The van der Waals surface area contributed by atoms with Crippen molar-refractivity contribution in [2.24, 2.45) is 14.1 Å². The highest BCUT2D eigenvalue weighted by Gasteiger charge is 2.29. The first-order chi connectivity index (χ1) is 16.7. The van der Waals surface area contributed by atoms with Gasteiger partial charge in [-0.05, 0) is 35.7 Å². The molecule has 3 heterocycles. The molecule has 5 rings (SSSR count). The van der Waals surface area contributed by atoms with Gasteiger partial charge in [-0.2, -0.15) is 5.10 Å². The first-order valence-electron chi connectivity index (χ1n) is 11.3. The van der Waals surface area contributed by atoms with E-state index < -0.39 is 10.0 Å². The standard InChI is InChI=1S/C27H26N4O3S/c1-18-10-8-9-13-25(18)35(33,34)31-24(21-15-28-30(4)16-21)14-22-23(17-29(3)27(32)26(22)31)19(2)20-11-6-5-7-12-20/h5-17,19H,1-4H3. The number of nitrogens with zero attached hydrogens (tertiary/aromatic N) is 4. The number of rotatable bonds is 5. The number of aryl methyl sites for hydroxylation is 3. The summed E-state index contributed by atoms with van der Waals surface area (Å²) in [5, 5.41) is 4.86. The number of hydrogen-bond acceptors (Lipinski definition) is 4. The fourth-order valence-corrected chi connectivity index (χ4v) is 6.39. The van der Waals surface area contributed by atoms with Crippen molar-refractivity contribution in [2.75, 3.05) is 0 Å². The molecule has 0 saturated carbocycles. The van der Waals surface area contributed by atoms with Crippen molar-refractivity contribution >= 4 is 20.9 Å². The Labute approximate surface area is 203 Å². The minimum atomic E-state index is -4.10. The van der Waals surface area contributed by atoms with Crippen molar-refractivity contribution in [3.8, 4) is 11.3 Å². The second-order valence-electron chi connectivity index (χ2n) is 8.86. The van der Waals surface area contributed by atoms with Crippen molar-refractivity contribution in [1.29, 1.82) is 0 Å². The van der Waals surface area contributed by atoms with Gasteiger partial charge in [-0.3, -0.25) is 9.48 Å². The minimum absolute atomic E-state index is 0.0655. The maximum absolute atomic E-state index is 14.1. The molecule has 0 fully saturated rings. The van der Waals surface area contributed by atoms with Crippen LogP contribution in [0.25, 0.3) is 22.2 Å². The maximum Gasteiger partial charge on any atom is 0.275 e. The molecule has 0 saturated heterocycles. The summed E-state index contributed by atoms with van der Waals surface area (Å²) >= 11 is 0. The Kier molecular flexibility index (Phi) is 5.48. The highest BCUT2D eigenvalue weighted by molar-refractivity contribution is 7.90. The number of fused-ring (bicyclic) bond motifs is 1. The van der Waals surface area contributed by atoms with Crippen molar-refractivity contribution in [1.82, 2.24) is 18.3 Å². The fraction of sp³-hybridized carbons (Fsp3) is 0.185. The lowest BCUT2D eigenvalue weighted by Crippen LogP contribution is -2.24. The molecule has 1 unspecified atom stereocenters. The van der Waals surface area contributed by atoms with Crippen LogP contribution in [-0.4, -0.2) is 26.7 Å². The summed E-state index contributed by atoms with van der Waals surface area (Å²) in [5.41, 5.74) is 3.33. The van der Waals surface area contributed by atoms with Gasteiger partial charge in [-0.15, -0.1) is 0 Å². The van der Waals surface area contributed by atoms with Crippen LogP contribution in [0.5, 0.6) is 0 Å². The molecule has 2 aromatic carbocycles. The van der Waals surface area contributed by atoms with E-state index in [0.29, 0.717) is 22.2 Å². The lowest BCUT2D eigenvalue weighted by molar-refractivity contribution is 0.588. The van der Waals surface area contributed by atoms with Crippen LogP contribution < -0.4 is 5.56 Å². The molecule has 7 nitrogen and oxygen atoms in total. The summed E-state index contributed by atoms with van der Waals surface area (Å²) < 4.78 is 32.5. The number of pyridine rings is 1. The minimum Gasteiger partial charge on any atom is -0.316 e. The first kappa shape index (κ1) is 22.9. The van der Waals surface area contributed by atoms with Crippen molar-refractivity contribution in [3.63, 3.8) is 0 Å². The smallest absolute Gasteiger partial charge is 0.275 e. The molecular formula is C27H26N4O3S. The Bertz CT molecular complexity index is 1730. The summed E-state index contributed by atoms with van der Waals surface area (Å²) in [6, 6.07) is 18.6. The molecule has 35 heavy (non-hydrogen) atoms. The molecule has 0 bridgehead atoms. The second-order valence-corrected chi connectivity index (χ2v) is 10.6. The summed E-state index contributed by atoms with van der Waals surface area (Å²) in [6.07, 6.45) is 5.17. The Morgan fingerprint density at radius 2 is 1.63 bits per heavy atom. The van der Waals surface area contributed by atoms with E-state index in [4.69, 9.17) is 0 Å². The Balaban J connectivity index is 1.92. The Hall–Kier alpha value is -3.91. The molecule has 0 aliphatic carbocycles. The van der Waals surface area contributed by atoms with Crippen LogP contribution in [0, 0.1) is 6.92 Å². The molecule has 0 N–H and O–H groups in total. The van der Waals surface area contributed by atoms with Crippen LogP contribution in [-0.2, 0) is 24.1 Å². The normalized spacial score (nSPS) is 12.8. The van der Waals surface area contributed by atoms with Gasteiger partial charge in [-0.1, -0.05) is 55.5 Å². The molecule has 0 amide bonds. The average Bonchev–Trinajstić information content (AvgIpc) is 3.46. The van der Waals surface area contributed by atoms with Crippen LogP contribution in [0.2, 0.25) is 0 Å². The SMILES string of the molecule is Cc1ccccc1S(=O)(=O)n1c(-c2cnn(C)c2)cc2c(C(C)c3ccccc3)cn(C)c(=O)c21. The summed E-state index contributed by atoms with van der Waals surface area (Å²) in [7, 11) is -0.673. The fourth-order valence-electron chi connectivity index (χ4n) is 4.63.